The number of phenols is 1. The molecule has 1 heterocycles. The molecule has 6 N–H and O–H groups in total. The molecule has 10 nitrogen and oxygen atoms in total. The van der Waals surface area contributed by atoms with E-state index >= 15 is 0 Å². The monoisotopic (exact) mass is 617 g/mol. The lowest BCUT2D eigenvalue weighted by Gasteiger charge is -2.20. The maximum Gasteiger partial charge on any atom is 0.405 e. The fourth-order valence-electron chi connectivity index (χ4n) is 5.43. The van der Waals surface area contributed by atoms with Crippen molar-refractivity contribution in [2.24, 2.45) is 0 Å². The summed E-state index contributed by atoms with van der Waals surface area (Å²) in [4.78, 5) is 25.7. The van der Waals surface area contributed by atoms with Crippen LogP contribution in [0.2, 0.25) is 0 Å². The molecule has 2 unspecified atom stereocenters. The van der Waals surface area contributed by atoms with Gasteiger partial charge in [0.05, 0.1) is 31.4 Å². The van der Waals surface area contributed by atoms with Gasteiger partial charge in [-0.1, -0.05) is 74.6 Å². The molecule has 0 bridgehead atoms. The number of H-pyrrole nitrogens is 1. The average Bonchev–Trinajstić information content (AvgIpc) is 3.04. The van der Waals surface area contributed by atoms with Crippen LogP contribution in [0.3, 0.4) is 0 Å². The Morgan fingerprint density at radius 3 is 2.33 bits per heavy atom. The number of aliphatic hydroxyl groups is 1. The number of aliphatic hydroxyl groups excluding tert-OH is 1. The Hall–Kier alpha value is -4.54. The van der Waals surface area contributed by atoms with Gasteiger partial charge in [0.15, 0.2) is 11.5 Å². The molecule has 3 aromatic carbocycles. The Bertz CT molecular complexity index is 1580. The number of aromatic hydroxyl groups is 1. The minimum Gasteiger partial charge on any atom is -0.506 e. The Kier molecular flexibility index (Phi) is 12.7. The molecule has 0 aliphatic carbocycles. The molecule has 4 aromatic rings. The van der Waals surface area contributed by atoms with Gasteiger partial charge < -0.3 is 40.4 Å². The van der Waals surface area contributed by atoms with Gasteiger partial charge in [-0.25, -0.2) is 4.79 Å². The van der Waals surface area contributed by atoms with Crippen LogP contribution in [0, 0.1) is 0 Å². The van der Waals surface area contributed by atoms with E-state index in [1.807, 2.05) is 42.5 Å². The van der Waals surface area contributed by atoms with E-state index in [4.69, 9.17) is 9.47 Å². The van der Waals surface area contributed by atoms with Gasteiger partial charge in [0.2, 0.25) is 5.56 Å². The highest BCUT2D eigenvalue weighted by Gasteiger charge is 2.19. The van der Waals surface area contributed by atoms with E-state index in [0.717, 1.165) is 62.6 Å². The summed E-state index contributed by atoms with van der Waals surface area (Å²) < 4.78 is 11.5. The number of carboxylic acid groups (broad SMARTS) is 1. The van der Waals surface area contributed by atoms with E-state index in [0.29, 0.717) is 41.1 Å². The van der Waals surface area contributed by atoms with E-state index in [1.54, 1.807) is 25.3 Å². The van der Waals surface area contributed by atoms with Crippen LogP contribution in [0.25, 0.3) is 10.9 Å². The highest BCUT2D eigenvalue weighted by Crippen LogP contribution is 2.33. The van der Waals surface area contributed by atoms with Crippen LogP contribution < -0.4 is 25.7 Å². The largest absolute Gasteiger partial charge is 0.506 e. The first-order valence-electron chi connectivity index (χ1n) is 15.5. The zero-order valence-electron chi connectivity index (χ0n) is 25.6. The zero-order chi connectivity index (χ0) is 32.0. The second-order valence-electron chi connectivity index (χ2n) is 11.0. The number of phenolic OH excluding ortho intramolecular Hbond substituents is 1. The standard InChI is InChI=1S/C35H43N3O7/c1-44-30-18-14-25(33(38-35(42)43)24-12-8-7-9-13-24)22-31(30)45-21-11-6-4-2-3-5-10-20-36-23-29(40)26-15-17-28(39)34-27(26)16-19-32(41)37-34/h7-9,12-19,22,29,33,36,38-40H,2-6,10-11,20-21,23H2,1H3,(H,37,41)(H,42,43). The van der Waals surface area contributed by atoms with Crippen LogP contribution in [0.5, 0.6) is 17.2 Å². The quantitative estimate of drug-likeness (QED) is 0.0740. The van der Waals surface area contributed by atoms with Crippen LogP contribution in [-0.2, 0) is 0 Å². The normalized spacial score (nSPS) is 12.5. The van der Waals surface area contributed by atoms with E-state index in [9.17, 15) is 24.9 Å². The molecule has 0 radical (unpaired) electrons. The lowest BCUT2D eigenvalue weighted by molar-refractivity contribution is 0.176. The SMILES string of the molecule is COc1ccc(C(NC(=O)O)c2ccccc2)cc1OCCCCCCCCCNCC(O)c1ccc(O)c2[nH]c(=O)ccc12. The van der Waals surface area contributed by atoms with Gasteiger partial charge >= 0.3 is 6.09 Å². The summed E-state index contributed by atoms with van der Waals surface area (Å²) >= 11 is 0. The summed E-state index contributed by atoms with van der Waals surface area (Å²) in [5.41, 5.74) is 2.31. The van der Waals surface area contributed by atoms with Crippen molar-refractivity contribution < 1.29 is 29.6 Å². The molecular formula is C35H43N3O7. The molecule has 0 aliphatic rings. The molecule has 1 aromatic heterocycles. The molecule has 1 amide bonds. The molecule has 4 rings (SSSR count). The van der Waals surface area contributed by atoms with E-state index in [1.165, 1.54) is 12.1 Å². The summed E-state index contributed by atoms with van der Waals surface area (Å²) in [6.07, 6.45) is 5.59. The minimum absolute atomic E-state index is 0.0193. The number of aromatic nitrogens is 1. The Morgan fingerprint density at radius 2 is 1.60 bits per heavy atom. The number of amides is 1. The van der Waals surface area contributed by atoms with Crippen LogP contribution in [-0.4, -0.2) is 53.2 Å². The number of carbonyl (C=O) groups is 1. The van der Waals surface area contributed by atoms with Crippen LogP contribution >= 0.6 is 0 Å². The Morgan fingerprint density at radius 1 is 0.867 bits per heavy atom. The second-order valence-corrected chi connectivity index (χ2v) is 11.0. The van der Waals surface area contributed by atoms with Gasteiger partial charge in [0.25, 0.3) is 0 Å². The average molecular weight is 618 g/mol. The predicted octanol–water partition coefficient (Wildman–Crippen LogP) is 6.03. The van der Waals surface area contributed by atoms with Crippen LogP contribution in [0.4, 0.5) is 4.79 Å². The summed E-state index contributed by atoms with van der Waals surface area (Å²) in [6.45, 7) is 1.72. The molecule has 10 heteroatoms. The van der Waals surface area contributed by atoms with Crippen molar-refractivity contribution in [1.29, 1.82) is 0 Å². The van der Waals surface area contributed by atoms with Crippen molar-refractivity contribution in [3.63, 3.8) is 0 Å². The maximum atomic E-state index is 11.6. The number of ether oxygens (including phenoxy) is 2. The number of unbranched alkanes of at least 4 members (excludes halogenated alkanes) is 6. The van der Waals surface area contributed by atoms with Crippen molar-refractivity contribution in [3.8, 4) is 17.2 Å². The molecule has 45 heavy (non-hydrogen) atoms. The molecule has 240 valence electrons. The Balaban J connectivity index is 1.11. The summed E-state index contributed by atoms with van der Waals surface area (Å²) in [7, 11) is 1.59. The number of pyridine rings is 1. The molecule has 0 saturated carbocycles. The van der Waals surface area contributed by atoms with Crippen molar-refractivity contribution in [1.82, 2.24) is 15.6 Å². The first-order valence-corrected chi connectivity index (χ1v) is 15.5. The Labute approximate surface area is 263 Å². The number of rotatable bonds is 18. The summed E-state index contributed by atoms with van der Waals surface area (Å²) in [6, 6.07) is 20.6. The number of hydrogen-bond donors (Lipinski definition) is 6. The zero-order valence-corrected chi connectivity index (χ0v) is 25.6. The molecule has 0 saturated heterocycles. The predicted molar refractivity (Wildman–Crippen MR) is 174 cm³/mol. The maximum absolute atomic E-state index is 11.6. The molecule has 0 fully saturated rings. The third-order valence-electron chi connectivity index (χ3n) is 7.78. The second kappa shape index (κ2) is 17.1. The molecular weight excluding hydrogens is 574 g/mol. The molecule has 2 atom stereocenters. The number of hydrogen-bond acceptors (Lipinski definition) is 7. The van der Waals surface area contributed by atoms with Gasteiger partial charge in [-0.3, -0.25) is 4.79 Å². The minimum atomic E-state index is -1.10. The number of nitrogens with one attached hydrogen (secondary N) is 3. The lowest BCUT2D eigenvalue weighted by atomic mass is 9.98. The first kappa shape index (κ1) is 33.4. The summed E-state index contributed by atoms with van der Waals surface area (Å²) in [5.74, 6) is 1.18. The molecule has 0 spiro atoms. The van der Waals surface area contributed by atoms with Gasteiger partial charge in [-0.2, -0.15) is 0 Å². The van der Waals surface area contributed by atoms with E-state index in [-0.39, 0.29) is 11.3 Å². The third kappa shape index (κ3) is 9.72. The smallest absolute Gasteiger partial charge is 0.405 e. The van der Waals surface area contributed by atoms with Gasteiger partial charge in [-0.05, 0) is 60.3 Å². The van der Waals surface area contributed by atoms with Gasteiger partial charge in [-0.15, -0.1) is 0 Å². The van der Waals surface area contributed by atoms with Crippen LogP contribution in [0.15, 0.2) is 77.6 Å². The van der Waals surface area contributed by atoms with Gasteiger partial charge in [0.1, 0.15) is 5.75 Å². The summed E-state index contributed by atoms with van der Waals surface area (Å²) in [5, 5.41) is 36.6. The highest BCUT2D eigenvalue weighted by atomic mass is 16.5. The van der Waals surface area contributed by atoms with Crippen molar-refractivity contribution in [3.05, 3.63) is 99.8 Å². The van der Waals surface area contributed by atoms with Crippen molar-refractivity contribution >= 4 is 17.0 Å². The number of benzene rings is 3. The van der Waals surface area contributed by atoms with E-state index in [2.05, 4.69) is 15.6 Å². The molecule has 0 aliphatic heterocycles. The van der Waals surface area contributed by atoms with Gasteiger partial charge in [0, 0.05) is 18.0 Å². The number of aromatic amines is 1. The topological polar surface area (TPSA) is 153 Å². The number of methoxy groups -OCH3 is 1. The van der Waals surface area contributed by atoms with Crippen molar-refractivity contribution in [2.75, 3.05) is 26.8 Å². The van der Waals surface area contributed by atoms with Crippen LogP contribution in [0.1, 0.15) is 73.8 Å². The highest BCUT2D eigenvalue weighted by molar-refractivity contribution is 5.87. The fourth-order valence-corrected chi connectivity index (χ4v) is 5.43. The van der Waals surface area contributed by atoms with Crippen molar-refractivity contribution in [2.45, 2.75) is 57.1 Å². The lowest BCUT2D eigenvalue weighted by Crippen LogP contribution is -2.27. The third-order valence-corrected chi connectivity index (χ3v) is 7.78. The fraction of sp³-hybridized carbons (Fsp3) is 0.371. The van der Waals surface area contributed by atoms with E-state index < -0.39 is 18.2 Å². The first-order chi connectivity index (χ1) is 21.9. The number of fused-ring (bicyclic) bond motifs is 1.